The van der Waals surface area contributed by atoms with Gasteiger partial charge in [0.2, 0.25) is 5.91 Å². The van der Waals surface area contributed by atoms with E-state index in [1.165, 1.54) is 0 Å². The third-order valence-electron chi connectivity index (χ3n) is 9.85. The number of benzene rings is 2. The molecule has 0 spiro atoms. The summed E-state index contributed by atoms with van der Waals surface area (Å²) < 4.78 is 21.1. The van der Waals surface area contributed by atoms with E-state index in [-0.39, 0.29) is 30.8 Å². The van der Waals surface area contributed by atoms with E-state index in [0.717, 1.165) is 28.4 Å². The second-order valence-corrected chi connectivity index (χ2v) is 13.1. The Kier molecular flexibility index (Phi) is 7.47. The Bertz CT molecular complexity index is 2000. The Morgan fingerprint density at radius 1 is 1.04 bits per heavy atom. The minimum Gasteiger partial charge on any atom is -0.480 e. The number of carboxylic acids is 1. The molecule has 2 fully saturated rings. The molecule has 6 bridgehead atoms. The molecule has 0 saturated carbocycles. The van der Waals surface area contributed by atoms with Gasteiger partial charge in [-0.15, -0.1) is 0 Å². The molecule has 47 heavy (non-hydrogen) atoms. The van der Waals surface area contributed by atoms with E-state index >= 15 is 0 Å². The number of hydrogen-bond acceptors (Lipinski definition) is 9. The highest BCUT2D eigenvalue weighted by Crippen LogP contribution is 2.39. The summed E-state index contributed by atoms with van der Waals surface area (Å²) in [6, 6.07) is 13.5. The standard InChI is InChI=1S/C35H38N6O6/c1-20-9-10-23-28(16-20)47-32-31(23)37-29-12-15-45-14-5-8-30(42)39-13-11-25(21(2)18-39)41-26-7-4-3-6-24(26)36-35(41)46-22-17-27(34(43)44)40(19-22)33(32)38-29/h3-4,6-7,9-10,16,21-22,25,27H,5,8,11-15,17-19H2,1-2H3,(H,43,44)/t21-,22-,25-,27-/m0/s1. The number of amides is 1. The summed E-state index contributed by atoms with van der Waals surface area (Å²) in [5, 5.41) is 11.3. The summed E-state index contributed by atoms with van der Waals surface area (Å²) in [6.07, 6.45) is 2.02. The van der Waals surface area contributed by atoms with E-state index in [9.17, 15) is 14.7 Å². The Morgan fingerprint density at radius 2 is 1.91 bits per heavy atom. The first kappa shape index (κ1) is 29.7. The summed E-state index contributed by atoms with van der Waals surface area (Å²) in [5.74, 6) is 0.315. The predicted octanol–water partition coefficient (Wildman–Crippen LogP) is 4.91. The maximum absolute atomic E-state index is 13.2. The maximum Gasteiger partial charge on any atom is 0.326 e. The number of piperidine rings is 1. The molecule has 4 atom stereocenters. The van der Waals surface area contributed by atoms with Crippen molar-refractivity contribution in [3.05, 3.63) is 53.9 Å². The highest BCUT2D eigenvalue weighted by molar-refractivity contribution is 6.06. The number of carbonyl (C=O) groups is 2. The van der Waals surface area contributed by atoms with Crippen LogP contribution in [0.15, 0.2) is 46.9 Å². The fraction of sp³-hybridized carbons (Fsp3) is 0.457. The second-order valence-electron chi connectivity index (χ2n) is 13.1. The first-order valence-corrected chi connectivity index (χ1v) is 16.5. The van der Waals surface area contributed by atoms with Gasteiger partial charge in [-0.1, -0.05) is 25.1 Å². The lowest BCUT2D eigenvalue weighted by Gasteiger charge is -2.38. The monoisotopic (exact) mass is 638 g/mol. The number of aliphatic carboxylic acids is 1. The largest absolute Gasteiger partial charge is 0.480 e. The van der Waals surface area contributed by atoms with Crippen molar-refractivity contribution in [3.63, 3.8) is 0 Å². The fourth-order valence-electron chi connectivity index (χ4n) is 7.50. The average Bonchev–Trinajstić information content (AvgIpc) is 3.75. The molecule has 0 aliphatic carbocycles. The summed E-state index contributed by atoms with van der Waals surface area (Å²) in [4.78, 5) is 44.4. The van der Waals surface area contributed by atoms with Crippen molar-refractivity contribution < 1.29 is 28.6 Å². The lowest BCUT2D eigenvalue weighted by Crippen LogP contribution is -2.43. The number of hydrogen-bond donors (Lipinski definition) is 1. The number of ether oxygens (including phenoxy) is 2. The molecule has 9 rings (SSSR count). The smallest absolute Gasteiger partial charge is 0.326 e. The molecule has 1 N–H and O–H groups in total. The summed E-state index contributed by atoms with van der Waals surface area (Å²) in [7, 11) is 0. The highest BCUT2D eigenvalue weighted by atomic mass is 16.5. The third kappa shape index (κ3) is 5.34. The van der Waals surface area contributed by atoms with Crippen molar-refractivity contribution in [3.8, 4) is 6.01 Å². The van der Waals surface area contributed by atoms with Gasteiger partial charge in [0.1, 0.15) is 29.1 Å². The van der Waals surface area contributed by atoms with E-state index < -0.39 is 18.1 Å². The van der Waals surface area contributed by atoms with Gasteiger partial charge in [0, 0.05) is 50.4 Å². The van der Waals surface area contributed by atoms with Crippen LogP contribution in [0.25, 0.3) is 33.1 Å². The highest BCUT2D eigenvalue weighted by Gasteiger charge is 2.42. The number of aromatic nitrogens is 4. The number of rotatable bonds is 1. The van der Waals surface area contributed by atoms with Gasteiger partial charge < -0.3 is 28.8 Å². The van der Waals surface area contributed by atoms with Crippen LogP contribution in [0.2, 0.25) is 0 Å². The molecule has 3 aromatic heterocycles. The molecule has 12 heteroatoms. The number of nitrogens with zero attached hydrogens (tertiary/aromatic N) is 6. The molecule has 1 amide bonds. The van der Waals surface area contributed by atoms with Crippen LogP contribution in [-0.4, -0.2) is 86.4 Å². The average molecular weight is 639 g/mol. The van der Waals surface area contributed by atoms with E-state index in [0.29, 0.717) is 79.9 Å². The normalized spacial score (nSPS) is 24.2. The van der Waals surface area contributed by atoms with Gasteiger partial charge in [0.05, 0.1) is 24.2 Å². The molecule has 12 nitrogen and oxygen atoms in total. The lowest BCUT2D eigenvalue weighted by atomic mass is 9.93. The Morgan fingerprint density at radius 3 is 2.77 bits per heavy atom. The van der Waals surface area contributed by atoms with Crippen molar-refractivity contribution in [2.75, 3.05) is 37.7 Å². The molecule has 0 unspecified atom stereocenters. The number of carboxylic acid groups (broad SMARTS) is 1. The SMILES string of the molecule is Cc1ccc2c(c1)oc1c3nc(nc12)CCOCCCC(=O)N1CC[C@@H]([C@@H](C)C1)n1c(nc2ccccc21)O[C@H]1C[C@@H](C(=O)O)N3C1. The molecule has 244 valence electrons. The second kappa shape index (κ2) is 11.8. The van der Waals surface area contributed by atoms with Crippen molar-refractivity contribution >= 4 is 50.8 Å². The molecule has 0 radical (unpaired) electrons. The maximum atomic E-state index is 13.2. The Balaban J connectivity index is 1.23. The molecule has 5 aromatic rings. The Labute approximate surface area is 271 Å². The first-order valence-electron chi connectivity index (χ1n) is 16.5. The Hall–Kier alpha value is -4.71. The van der Waals surface area contributed by atoms with Crippen molar-refractivity contribution in [2.24, 2.45) is 5.92 Å². The zero-order chi connectivity index (χ0) is 32.2. The lowest BCUT2D eigenvalue weighted by molar-refractivity contribution is -0.138. The van der Waals surface area contributed by atoms with Crippen LogP contribution >= 0.6 is 0 Å². The van der Waals surface area contributed by atoms with E-state index in [4.69, 9.17) is 28.8 Å². The van der Waals surface area contributed by atoms with Crippen molar-refractivity contribution in [1.82, 2.24) is 24.4 Å². The molecular formula is C35H38N6O6. The van der Waals surface area contributed by atoms with E-state index in [1.807, 2.05) is 54.3 Å². The molecule has 2 saturated heterocycles. The van der Waals surface area contributed by atoms with Crippen LogP contribution in [0.1, 0.15) is 50.0 Å². The van der Waals surface area contributed by atoms with Gasteiger partial charge in [0.25, 0.3) is 6.01 Å². The molecule has 7 heterocycles. The molecule has 4 aliphatic rings. The number of imidazole rings is 1. The molecule has 2 aromatic carbocycles. The van der Waals surface area contributed by atoms with E-state index in [1.54, 1.807) is 4.90 Å². The number of carbonyl (C=O) groups excluding carboxylic acids is 1. The fourth-order valence-corrected chi connectivity index (χ4v) is 7.50. The number of para-hydroxylation sites is 2. The van der Waals surface area contributed by atoms with Gasteiger partial charge in [-0.3, -0.25) is 9.36 Å². The molecular weight excluding hydrogens is 600 g/mol. The van der Waals surface area contributed by atoms with Crippen molar-refractivity contribution in [1.29, 1.82) is 0 Å². The van der Waals surface area contributed by atoms with Gasteiger partial charge in [-0.25, -0.2) is 14.8 Å². The predicted molar refractivity (Wildman–Crippen MR) is 175 cm³/mol. The zero-order valence-corrected chi connectivity index (χ0v) is 26.6. The zero-order valence-electron chi connectivity index (χ0n) is 26.6. The van der Waals surface area contributed by atoms with Crippen LogP contribution in [-0.2, 0) is 20.7 Å². The quantitative estimate of drug-likeness (QED) is 0.270. The van der Waals surface area contributed by atoms with Crippen LogP contribution < -0.4 is 9.64 Å². The number of aryl methyl sites for hydroxylation is 1. The van der Waals surface area contributed by atoms with Crippen LogP contribution in [0, 0.1) is 12.8 Å². The first-order chi connectivity index (χ1) is 22.8. The van der Waals surface area contributed by atoms with E-state index in [2.05, 4.69) is 11.5 Å². The van der Waals surface area contributed by atoms with Gasteiger partial charge in [-0.05, 0) is 55.5 Å². The summed E-state index contributed by atoms with van der Waals surface area (Å²) >= 11 is 0. The number of anilines is 1. The summed E-state index contributed by atoms with van der Waals surface area (Å²) in [5.41, 5.74) is 4.59. The van der Waals surface area contributed by atoms with Gasteiger partial charge >= 0.3 is 5.97 Å². The minimum absolute atomic E-state index is 0.0613. The topological polar surface area (TPSA) is 136 Å². The minimum atomic E-state index is -0.961. The van der Waals surface area contributed by atoms with Crippen LogP contribution in [0.4, 0.5) is 5.82 Å². The van der Waals surface area contributed by atoms with Crippen LogP contribution in [0.5, 0.6) is 6.01 Å². The van der Waals surface area contributed by atoms with Gasteiger partial charge in [0.15, 0.2) is 11.4 Å². The number of fused-ring (bicyclic) bond motifs is 12. The number of furan rings is 1. The summed E-state index contributed by atoms with van der Waals surface area (Å²) in [6.45, 7) is 6.57. The molecule has 4 aliphatic heterocycles. The van der Waals surface area contributed by atoms with Crippen LogP contribution in [0.3, 0.4) is 0 Å². The van der Waals surface area contributed by atoms with Gasteiger partial charge in [-0.2, -0.15) is 4.98 Å². The third-order valence-corrected chi connectivity index (χ3v) is 9.85. The van der Waals surface area contributed by atoms with Crippen molar-refractivity contribution in [2.45, 2.75) is 64.1 Å².